The van der Waals surface area contributed by atoms with Gasteiger partial charge in [-0.1, -0.05) is 6.07 Å². The van der Waals surface area contributed by atoms with Crippen LogP contribution in [0.2, 0.25) is 0 Å². The number of nitrogens with two attached hydrogens (primary N) is 1. The highest BCUT2D eigenvalue weighted by Crippen LogP contribution is 2.29. The zero-order chi connectivity index (χ0) is 18.1. The van der Waals surface area contributed by atoms with Crippen molar-refractivity contribution in [2.75, 3.05) is 25.6 Å². The quantitative estimate of drug-likeness (QED) is 0.348. The van der Waals surface area contributed by atoms with Crippen LogP contribution in [0.15, 0.2) is 41.4 Å². The molecule has 1 aromatic heterocycles. The van der Waals surface area contributed by atoms with Crippen LogP contribution in [-0.4, -0.2) is 31.3 Å². The maximum atomic E-state index is 6.00. The molecule has 142 valence electrons. The zero-order valence-electron chi connectivity index (χ0n) is 15.2. The van der Waals surface area contributed by atoms with Crippen molar-refractivity contribution in [3.63, 3.8) is 0 Å². The van der Waals surface area contributed by atoms with E-state index in [2.05, 4.69) is 15.3 Å². The fourth-order valence-electron chi connectivity index (χ4n) is 2.15. The van der Waals surface area contributed by atoms with Crippen molar-refractivity contribution in [2.45, 2.75) is 20.4 Å². The Kier molecular flexibility index (Phi) is 9.56. The molecule has 7 nitrogen and oxygen atoms in total. The van der Waals surface area contributed by atoms with Crippen LogP contribution in [0, 0.1) is 0 Å². The van der Waals surface area contributed by atoms with Crippen LogP contribution >= 0.6 is 24.0 Å². The first-order chi connectivity index (χ1) is 12.2. The molecule has 0 radical (unpaired) electrons. The minimum Gasteiger partial charge on any atom is -0.494 e. The van der Waals surface area contributed by atoms with Crippen molar-refractivity contribution in [3.05, 3.63) is 42.1 Å². The van der Waals surface area contributed by atoms with Gasteiger partial charge >= 0.3 is 0 Å². The van der Waals surface area contributed by atoms with E-state index in [1.165, 1.54) is 0 Å². The summed E-state index contributed by atoms with van der Waals surface area (Å²) in [5.41, 5.74) is 7.46. The highest BCUT2D eigenvalue weighted by atomic mass is 127. The number of nitrogens with zero attached hydrogens (tertiary/aromatic N) is 2. The number of aromatic nitrogens is 1. The van der Waals surface area contributed by atoms with Crippen LogP contribution in [0.5, 0.6) is 17.4 Å². The summed E-state index contributed by atoms with van der Waals surface area (Å²) in [6.07, 6.45) is 0. The third kappa shape index (κ3) is 6.58. The number of benzene rings is 1. The van der Waals surface area contributed by atoms with Crippen molar-refractivity contribution < 1.29 is 14.2 Å². The minimum atomic E-state index is 0. The topological polar surface area (TPSA) is 91.0 Å². The zero-order valence-corrected chi connectivity index (χ0v) is 17.5. The van der Waals surface area contributed by atoms with Gasteiger partial charge in [0.15, 0.2) is 5.96 Å². The van der Waals surface area contributed by atoms with Crippen LogP contribution in [0.25, 0.3) is 0 Å². The Labute approximate surface area is 171 Å². The fourth-order valence-corrected chi connectivity index (χ4v) is 2.15. The smallest absolute Gasteiger partial charge is 0.213 e. The number of ether oxygens (including phenoxy) is 3. The van der Waals surface area contributed by atoms with Gasteiger partial charge in [0.1, 0.15) is 11.5 Å². The molecule has 0 aliphatic rings. The number of hydrogen-bond acceptors (Lipinski definition) is 5. The highest BCUT2D eigenvalue weighted by molar-refractivity contribution is 14.0. The molecule has 0 aliphatic carbocycles. The van der Waals surface area contributed by atoms with Crippen molar-refractivity contribution in [3.8, 4) is 17.4 Å². The second kappa shape index (κ2) is 11.4. The first kappa shape index (κ1) is 21.8. The Morgan fingerprint density at radius 3 is 2.62 bits per heavy atom. The van der Waals surface area contributed by atoms with E-state index in [0.29, 0.717) is 37.1 Å². The summed E-state index contributed by atoms with van der Waals surface area (Å²) in [5.74, 6) is 2.22. The van der Waals surface area contributed by atoms with Gasteiger partial charge in [-0.2, -0.15) is 0 Å². The molecule has 1 heterocycles. The largest absolute Gasteiger partial charge is 0.494 e. The van der Waals surface area contributed by atoms with Gasteiger partial charge in [0.25, 0.3) is 0 Å². The molecule has 26 heavy (non-hydrogen) atoms. The third-order valence-electron chi connectivity index (χ3n) is 3.23. The summed E-state index contributed by atoms with van der Waals surface area (Å²) in [7, 11) is 1.58. The monoisotopic (exact) mass is 472 g/mol. The summed E-state index contributed by atoms with van der Waals surface area (Å²) >= 11 is 0. The number of anilines is 1. The Morgan fingerprint density at radius 2 is 1.92 bits per heavy atom. The van der Waals surface area contributed by atoms with Crippen LogP contribution in [0.3, 0.4) is 0 Å². The molecule has 0 saturated carbocycles. The molecule has 0 atom stereocenters. The average molecular weight is 472 g/mol. The first-order valence-electron chi connectivity index (χ1n) is 8.12. The molecule has 0 amide bonds. The molecule has 0 spiro atoms. The highest BCUT2D eigenvalue weighted by Gasteiger charge is 2.07. The van der Waals surface area contributed by atoms with Gasteiger partial charge in [-0.25, -0.2) is 9.98 Å². The average Bonchev–Trinajstić information content (AvgIpc) is 2.63. The minimum absolute atomic E-state index is 0. The molecular weight excluding hydrogens is 447 g/mol. The summed E-state index contributed by atoms with van der Waals surface area (Å²) < 4.78 is 16.2. The van der Waals surface area contributed by atoms with Crippen molar-refractivity contribution in [2.24, 2.45) is 10.7 Å². The van der Waals surface area contributed by atoms with Gasteiger partial charge < -0.3 is 25.3 Å². The van der Waals surface area contributed by atoms with E-state index in [1.807, 2.05) is 44.2 Å². The van der Waals surface area contributed by atoms with Crippen LogP contribution in [0.1, 0.15) is 19.5 Å². The van der Waals surface area contributed by atoms with Gasteiger partial charge in [-0.3, -0.25) is 0 Å². The van der Waals surface area contributed by atoms with E-state index in [4.69, 9.17) is 19.9 Å². The van der Waals surface area contributed by atoms with Crippen molar-refractivity contribution in [1.29, 1.82) is 0 Å². The van der Waals surface area contributed by atoms with Gasteiger partial charge in [0.05, 0.1) is 38.2 Å². The van der Waals surface area contributed by atoms with Crippen LogP contribution in [-0.2, 0) is 6.54 Å². The number of aliphatic imine (C=N–C) groups is 1. The van der Waals surface area contributed by atoms with Crippen molar-refractivity contribution in [1.82, 2.24) is 4.98 Å². The summed E-state index contributed by atoms with van der Waals surface area (Å²) in [5, 5.41) is 3.06. The van der Waals surface area contributed by atoms with Crippen LogP contribution in [0.4, 0.5) is 5.69 Å². The Bertz CT molecular complexity index is 725. The summed E-state index contributed by atoms with van der Waals surface area (Å²) in [6.45, 7) is 5.32. The molecule has 0 fully saturated rings. The molecule has 1 aromatic carbocycles. The van der Waals surface area contributed by atoms with Gasteiger partial charge in [-0.05, 0) is 32.0 Å². The SMILES string of the molecule is CCOc1ccc(OCC)c(NC(N)=NCc2cccc(OC)n2)c1.I. The lowest BCUT2D eigenvalue weighted by atomic mass is 10.2. The molecule has 8 heteroatoms. The number of halogens is 1. The summed E-state index contributed by atoms with van der Waals surface area (Å²) in [6, 6.07) is 11.0. The van der Waals surface area contributed by atoms with Gasteiger partial charge in [-0.15, -0.1) is 24.0 Å². The number of rotatable bonds is 8. The van der Waals surface area contributed by atoms with Gasteiger partial charge in [0, 0.05) is 12.1 Å². The second-order valence-electron chi connectivity index (χ2n) is 5.02. The van der Waals surface area contributed by atoms with Crippen LogP contribution < -0.4 is 25.3 Å². The predicted molar refractivity (Wildman–Crippen MR) is 114 cm³/mol. The van der Waals surface area contributed by atoms with E-state index >= 15 is 0 Å². The normalized spacial score (nSPS) is 10.7. The van der Waals surface area contributed by atoms with Gasteiger partial charge in [0.2, 0.25) is 5.88 Å². The lowest BCUT2D eigenvalue weighted by Crippen LogP contribution is -2.23. The lowest BCUT2D eigenvalue weighted by Gasteiger charge is -2.14. The number of guanidine groups is 1. The maximum absolute atomic E-state index is 6.00. The molecule has 0 unspecified atom stereocenters. The maximum Gasteiger partial charge on any atom is 0.213 e. The lowest BCUT2D eigenvalue weighted by molar-refractivity contribution is 0.332. The summed E-state index contributed by atoms with van der Waals surface area (Å²) in [4.78, 5) is 8.61. The van der Waals surface area contributed by atoms with E-state index in [0.717, 1.165) is 11.4 Å². The fraction of sp³-hybridized carbons (Fsp3) is 0.333. The number of methoxy groups -OCH3 is 1. The molecular formula is C18H25IN4O3. The number of hydrogen-bond donors (Lipinski definition) is 2. The van der Waals surface area contributed by atoms with E-state index in [9.17, 15) is 0 Å². The molecule has 0 bridgehead atoms. The Morgan fingerprint density at radius 1 is 1.15 bits per heavy atom. The molecule has 2 rings (SSSR count). The second-order valence-corrected chi connectivity index (χ2v) is 5.02. The third-order valence-corrected chi connectivity index (χ3v) is 3.23. The van der Waals surface area contributed by atoms with E-state index < -0.39 is 0 Å². The molecule has 3 N–H and O–H groups in total. The standard InChI is InChI=1S/C18H24N4O3.HI/c1-4-24-14-9-10-16(25-5-2)15(11-14)22-18(19)20-12-13-7-6-8-17(21-13)23-3;/h6-11H,4-5,12H2,1-3H3,(H3,19,20,22);1H. The number of nitrogens with one attached hydrogen (secondary N) is 1. The first-order valence-corrected chi connectivity index (χ1v) is 8.12. The molecule has 0 saturated heterocycles. The Balaban J connectivity index is 0.00000338. The van der Waals surface area contributed by atoms with Crippen molar-refractivity contribution >= 4 is 35.6 Å². The molecule has 2 aromatic rings. The van der Waals surface area contributed by atoms with E-state index in [1.54, 1.807) is 13.2 Å². The van der Waals surface area contributed by atoms with E-state index in [-0.39, 0.29) is 29.9 Å². The molecule has 0 aliphatic heterocycles. The predicted octanol–water partition coefficient (Wildman–Crippen LogP) is 3.43. The Hall–Kier alpha value is -2.23. The number of pyridine rings is 1.